The standard InChI is InChI=1S/C13H22N2O8/c1-5(16)9(14-6(2)17)11-10(15-7(3)18)8(19)4-13(22,23-11)12(20)21/h5,8-11,16,19,22H,4H2,1-3H3,(H,14,17)(H,15,18)(H,20,21)/t5-,8-,9+,10-,11+,13+/m1/s1. The minimum absolute atomic E-state index is 0.532. The number of carbonyl (C=O) groups is 3. The minimum atomic E-state index is -2.70. The summed E-state index contributed by atoms with van der Waals surface area (Å²) < 4.78 is 5.15. The molecule has 0 aromatic heterocycles. The molecule has 2 amide bonds. The van der Waals surface area contributed by atoms with Gasteiger partial charge in [0.15, 0.2) is 0 Å². The SMILES string of the molecule is CC(=O)N[C@H]([C@@H]1O[C@](O)(C(=O)O)C[C@@H](O)[C@H]1NC(C)=O)[C@@H](C)O. The topological polar surface area (TPSA) is 165 Å². The van der Waals surface area contributed by atoms with Crippen LogP contribution in [0.25, 0.3) is 0 Å². The molecule has 1 saturated heterocycles. The molecule has 0 aromatic carbocycles. The number of rotatable bonds is 5. The van der Waals surface area contributed by atoms with E-state index < -0.39 is 60.4 Å². The number of carbonyl (C=O) groups excluding carboxylic acids is 2. The van der Waals surface area contributed by atoms with Crippen molar-refractivity contribution in [2.45, 2.75) is 63.4 Å². The molecule has 6 N–H and O–H groups in total. The largest absolute Gasteiger partial charge is 0.477 e. The summed E-state index contributed by atoms with van der Waals surface area (Å²) >= 11 is 0. The van der Waals surface area contributed by atoms with Crippen molar-refractivity contribution in [2.75, 3.05) is 0 Å². The number of ether oxygens (including phenoxy) is 1. The van der Waals surface area contributed by atoms with Gasteiger partial charge in [0.05, 0.1) is 24.3 Å². The molecule has 0 aromatic rings. The second-order valence-corrected chi connectivity index (χ2v) is 5.64. The fourth-order valence-electron chi connectivity index (χ4n) is 2.54. The normalized spacial score (nSPS) is 33.4. The molecular formula is C13H22N2O8. The lowest BCUT2D eigenvalue weighted by Crippen LogP contribution is -2.69. The third kappa shape index (κ3) is 4.61. The average Bonchev–Trinajstić information content (AvgIpc) is 2.38. The Morgan fingerprint density at radius 2 is 1.83 bits per heavy atom. The van der Waals surface area contributed by atoms with Gasteiger partial charge in [0.2, 0.25) is 11.8 Å². The van der Waals surface area contributed by atoms with E-state index in [1.165, 1.54) is 20.8 Å². The van der Waals surface area contributed by atoms with Gasteiger partial charge in [-0.3, -0.25) is 9.59 Å². The lowest BCUT2D eigenvalue weighted by Gasteiger charge is -2.45. The third-order valence-electron chi connectivity index (χ3n) is 3.53. The van der Waals surface area contributed by atoms with Gasteiger partial charge in [0, 0.05) is 20.3 Å². The van der Waals surface area contributed by atoms with Crippen molar-refractivity contribution in [3.63, 3.8) is 0 Å². The van der Waals surface area contributed by atoms with Crippen LogP contribution in [0.5, 0.6) is 0 Å². The molecule has 0 aliphatic carbocycles. The molecule has 0 radical (unpaired) electrons. The second kappa shape index (κ2) is 7.21. The number of aliphatic carboxylic acids is 1. The van der Waals surface area contributed by atoms with Crippen molar-refractivity contribution in [1.82, 2.24) is 10.6 Å². The molecule has 1 heterocycles. The highest BCUT2D eigenvalue weighted by Gasteiger charge is 2.53. The number of aliphatic hydroxyl groups excluding tert-OH is 2. The summed E-state index contributed by atoms with van der Waals surface area (Å²) in [5.74, 6) is -5.50. The lowest BCUT2D eigenvalue weighted by atomic mass is 9.87. The first kappa shape index (κ1) is 19.3. The summed E-state index contributed by atoms with van der Waals surface area (Å²) in [5.41, 5.74) is 0. The van der Waals surface area contributed by atoms with Crippen LogP contribution >= 0.6 is 0 Å². The fourth-order valence-corrected chi connectivity index (χ4v) is 2.54. The highest BCUT2D eigenvalue weighted by molar-refractivity contribution is 5.76. The molecule has 0 bridgehead atoms. The van der Waals surface area contributed by atoms with Crippen molar-refractivity contribution < 1.29 is 39.5 Å². The molecule has 132 valence electrons. The smallest absolute Gasteiger partial charge is 0.364 e. The molecule has 0 saturated carbocycles. The second-order valence-electron chi connectivity index (χ2n) is 5.64. The van der Waals surface area contributed by atoms with Crippen LogP contribution in [-0.2, 0) is 19.1 Å². The van der Waals surface area contributed by atoms with Gasteiger partial charge in [-0.2, -0.15) is 0 Å². The number of carboxylic acid groups (broad SMARTS) is 1. The highest BCUT2D eigenvalue weighted by atomic mass is 16.7. The molecule has 10 nitrogen and oxygen atoms in total. The molecule has 1 fully saturated rings. The van der Waals surface area contributed by atoms with Crippen LogP contribution in [0.3, 0.4) is 0 Å². The van der Waals surface area contributed by atoms with E-state index in [0.29, 0.717) is 0 Å². The van der Waals surface area contributed by atoms with Crippen LogP contribution in [0, 0.1) is 0 Å². The lowest BCUT2D eigenvalue weighted by molar-refractivity contribution is -0.283. The third-order valence-corrected chi connectivity index (χ3v) is 3.53. The van der Waals surface area contributed by atoms with Gasteiger partial charge in [-0.25, -0.2) is 4.79 Å². The summed E-state index contributed by atoms with van der Waals surface area (Å²) in [6.07, 6.45) is -4.72. The zero-order chi connectivity index (χ0) is 17.9. The Hall–Kier alpha value is -1.75. The van der Waals surface area contributed by atoms with Crippen molar-refractivity contribution in [3.05, 3.63) is 0 Å². The summed E-state index contributed by atoms with van der Waals surface area (Å²) in [6, 6.07) is -2.29. The van der Waals surface area contributed by atoms with Crippen LogP contribution in [-0.4, -0.2) is 74.4 Å². The summed E-state index contributed by atoms with van der Waals surface area (Å²) in [7, 11) is 0. The Balaban J connectivity index is 3.21. The van der Waals surface area contributed by atoms with E-state index in [1.54, 1.807) is 0 Å². The molecule has 6 atom stereocenters. The van der Waals surface area contributed by atoms with E-state index in [2.05, 4.69) is 10.6 Å². The minimum Gasteiger partial charge on any atom is -0.477 e. The molecule has 1 aliphatic heterocycles. The zero-order valence-electron chi connectivity index (χ0n) is 13.0. The van der Waals surface area contributed by atoms with Crippen molar-refractivity contribution in [2.24, 2.45) is 0 Å². The maximum absolute atomic E-state index is 11.3. The molecule has 1 aliphatic rings. The van der Waals surface area contributed by atoms with Crippen LogP contribution in [0.1, 0.15) is 27.2 Å². The first-order chi connectivity index (χ1) is 10.5. The Morgan fingerprint density at radius 1 is 1.26 bits per heavy atom. The van der Waals surface area contributed by atoms with Crippen LogP contribution in [0.2, 0.25) is 0 Å². The Bertz CT molecular complexity index is 465. The van der Waals surface area contributed by atoms with E-state index in [9.17, 15) is 29.7 Å². The maximum atomic E-state index is 11.3. The summed E-state index contributed by atoms with van der Waals surface area (Å²) in [5, 5.41) is 43.8. The monoisotopic (exact) mass is 334 g/mol. The van der Waals surface area contributed by atoms with Gasteiger partial charge in [0.25, 0.3) is 5.79 Å². The van der Waals surface area contributed by atoms with Crippen LogP contribution < -0.4 is 10.6 Å². The number of amides is 2. The van der Waals surface area contributed by atoms with Gasteiger partial charge in [-0.05, 0) is 6.92 Å². The van der Waals surface area contributed by atoms with Crippen molar-refractivity contribution >= 4 is 17.8 Å². The van der Waals surface area contributed by atoms with Crippen molar-refractivity contribution in [1.29, 1.82) is 0 Å². The van der Waals surface area contributed by atoms with Crippen LogP contribution in [0.4, 0.5) is 0 Å². The van der Waals surface area contributed by atoms with Crippen molar-refractivity contribution in [3.8, 4) is 0 Å². The molecule has 10 heteroatoms. The molecule has 23 heavy (non-hydrogen) atoms. The fraction of sp³-hybridized carbons (Fsp3) is 0.769. The molecule has 0 spiro atoms. The van der Waals surface area contributed by atoms with Gasteiger partial charge < -0.3 is 35.8 Å². The predicted octanol–water partition coefficient (Wildman–Crippen LogP) is -2.70. The van der Waals surface area contributed by atoms with E-state index in [1.807, 2.05) is 0 Å². The number of hydrogen-bond acceptors (Lipinski definition) is 7. The Kier molecular flexibility index (Phi) is 6.05. The molecule has 1 rings (SSSR count). The zero-order valence-corrected chi connectivity index (χ0v) is 13.0. The first-order valence-electron chi connectivity index (χ1n) is 7.02. The van der Waals surface area contributed by atoms with Gasteiger partial charge in [0.1, 0.15) is 6.10 Å². The van der Waals surface area contributed by atoms with E-state index >= 15 is 0 Å². The van der Waals surface area contributed by atoms with Gasteiger partial charge >= 0.3 is 5.97 Å². The Labute approximate surface area is 132 Å². The highest BCUT2D eigenvalue weighted by Crippen LogP contribution is 2.30. The number of carboxylic acids is 1. The Morgan fingerprint density at radius 3 is 2.22 bits per heavy atom. The number of hydrogen-bond donors (Lipinski definition) is 6. The summed E-state index contributed by atoms with van der Waals surface area (Å²) in [6.45, 7) is 3.67. The maximum Gasteiger partial charge on any atom is 0.364 e. The van der Waals surface area contributed by atoms with Gasteiger partial charge in [-0.1, -0.05) is 0 Å². The average molecular weight is 334 g/mol. The molecular weight excluding hydrogens is 312 g/mol. The first-order valence-corrected chi connectivity index (χ1v) is 7.02. The van der Waals surface area contributed by atoms with E-state index in [-0.39, 0.29) is 0 Å². The van der Waals surface area contributed by atoms with E-state index in [0.717, 1.165) is 0 Å². The molecule has 0 unspecified atom stereocenters. The van der Waals surface area contributed by atoms with Gasteiger partial charge in [-0.15, -0.1) is 0 Å². The quantitative estimate of drug-likeness (QED) is 0.316. The van der Waals surface area contributed by atoms with E-state index in [4.69, 9.17) is 9.84 Å². The van der Waals surface area contributed by atoms with Crippen LogP contribution in [0.15, 0.2) is 0 Å². The summed E-state index contributed by atoms with van der Waals surface area (Å²) in [4.78, 5) is 33.8. The number of aliphatic hydroxyl groups is 3. The number of nitrogens with one attached hydrogen (secondary N) is 2. The predicted molar refractivity (Wildman–Crippen MR) is 75.0 cm³/mol.